The van der Waals surface area contributed by atoms with E-state index in [1.54, 1.807) is 43.6 Å². The second kappa shape index (κ2) is 10.2. The molecule has 1 aliphatic heterocycles. The van der Waals surface area contributed by atoms with Crippen molar-refractivity contribution in [3.05, 3.63) is 80.9 Å². The SMILES string of the molecule is COCCCNc1nc2ccccn2c(=O)c1/C=C1/SC(=S)N(Cc2ccc(F)cc2)C1=O. The van der Waals surface area contributed by atoms with E-state index in [1.165, 1.54) is 27.5 Å². The number of carbonyl (C=O) groups is 1. The van der Waals surface area contributed by atoms with Crippen molar-refractivity contribution in [1.82, 2.24) is 14.3 Å². The number of nitrogens with one attached hydrogen (secondary N) is 1. The number of nitrogens with zero attached hydrogens (tertiary/aromatic N) is 3. The summed E-state index contributed by atoms with van der Waals surface area (Å²) in [6, 6.07) is 11.2. The molecule has 170 valence electrons. The van der Waals surface area contributed by atoms with Gasteiger partial charge in [-0.15, -0.1) is 0 Å². The topological polar surface area (TPSA) is 75.9 Å². The van der Waals surface area contributed by atoms with E-state index in [9.17, 15) is 14.0 Å². The molecular weight excluding hydrogens is 463 g/mol. The maximum Gasteiger partial charge on any atom is 0.267 e. The third kappa shape index (κ3) is 5.13. The number of ether oxygens (including phenoxy) is 1. The van der Waals surface area contributed by atoms with Crippen molar-refractivity contribution in [3.8, 4) is 0 Å². The molecule has 4 rings (SSSR count). The predicted octanol–water partition coefficient (Wildman–Crippen LogP) is 3.68. The number of rotatable bonds is 8. The quantitative estimate of drug-likeness (QED) is 0.297. The number of fused-ring (bicyclic) bond motifs is 1. The molecule has 1 aliphatic rings. The van der Waals surface area contributed by atoms with Gasteiger partial charge in [0.25, 0.3) is 11.5 Å². The molecule has 3 aromatic rings. The molecule has 1 amide bonds. The molecule has 3 heterocycles. The molecule has 0 spiro atoms. The highest BCUT2D eigenvalue weighted by molar-refractivity contribution is 8.26. The van der Waals surface area contributed by atoms with Crippen molar-refractivity contribution < 1.29 is 13.9 Å². The number of halogens is 1. The highest BCUT2D eigenvalue weighted by Crippen LogP contribution is 2.34. The number of carbonyl (C=O) groups excluding carboxylic acids is 1. The summed E-state index contributed by atoms with van der Waals surface area (Å²) in [5.74, 6) is -0.262. The van der Waals surface area contributed by atoms with Crippen molar-refractivity contribution in [2.45, 2.75) is 13.0 Å². The van der Waals surface area contributed by atoms with Gasteiger partial charge in [-0.1, -0.05) is 42.2 Å². The summed E-state index contributed by atoms with van der Waals surface area (Å²) in [5.41, 5.74) is 1.23. The largest absolute Gasteiger partial charge is 0.385 e. The molecule has 33 heavy (non-hydrogen) atoms. The third-order valence-electron chi connectivity index (χ3n) is 4.99. The lowest BCUT2D eigenvalue weighted by atomic mass is 10.2. The van der Waals surface area contributed by atoms with Gasteiger partial charge >= 0.3 is 0 Å². The van der Waals surface area contributed by atoms with Gasteiger partial charge < -0.3 is 10.1 Å². The van der Waals surface area contributed by atoms with Gasteiger partial charge in [0.2, 0.25) is 0 Å². The van der Waals surface area contributed by atoms with Crippen molar-refractivity contribution in [1.29, 1.82) is 0 Å². The fourth-order valence-corrected chi connectivity index (χ4v) is 4.57. The van der Waals surface area contributed by atoms with E-state index in [0.29, 0.717) is 33.8 Å². The summed E-state index contributed by atoms with van der Waals surface area (Å²) in [6.07, 6.45) is 3.90. The first kappa shape index (κ1) is 23.1. The first-order valence-corrected chi connectivity index (χ1v) is 11.4. The zero-order valence-corrected chi connectivity index (χ0v) is 19.4. The summed E-state index contributed by atoms with van der Waals surface area (Å²) in [5, 5.41) is 3.19. The van der Waals surface area contributed by atoms with Crippen LogP contribution >= 0.6 is 24.0 Å². The number of methoxy groups -OCH3 is 1. The smallest absolute Gasteiger partial charge is 0.267 e. The third-order valence-corrected chi connectivity index (χ3v) is 6.37. The fraction of sp³-hybridized carbons (Fsp3) is 0.217. The number of anilines is 1. The standard InChI is InChI=1S/C23H21FN4O3S2/c1-31-12-4-10-25-20-17(21(29)27-11-3-2-5-19(27)26-20)13-18-22(30)28(23(32)33-18)14-15-6-8-16(24)9-7-15/h2-3,5-9,11,13,25H,4,10,12,14H2,1H3/b18-13+. The molecule has 10 heteroatoms. The van der Waals surface area contributed by atoms with E-state index in [-0.39, 0.29) is 29.4 Å². The van der Waals surface area contributed by atoms with E-state index >= 15 is 0 Å². The van der Waals surface area contributed by atoms with Crippen LogP contribution < -0.4 is 10.9 Å². The van der Waals surface area contributed by atoms with E-state index in [4.69, 9.17) is 17.0 Å². The van der Waals surface area contributed by atoms with Crippen LogP contribution in [0.4, 0.5) is 10.2 Å². The molecule has 0 atom stereocenters. The number of pyridine rings is 1. The Bertz CT molecular complexity index is 1290. The molecular formula is C23H21FN4O3S2. The Morgan fingerprint density at radius 3 is 2.76 bits per heavy atom. The van der Waals surface area contributed by atoms with Crippen LogP contribution in [-0.4, -0.2) is 44.8 Å². The van der Waals surface area contributed by atoms with Crippen molar-refractivity contribution in [2.75, 3.05) is 25.6 Å². The minimum atomic E-state index is -0.348. The second-order valence-corrected chi connectivity index (χ2v) is 8.95. The first-order valence-electron chi connectivity index (χ1n) is 10.2. The van der Waals surface area contributed by atoms with Crippen LogP contribution in [-0.2, 0) is 16.1 Å². The predicted molar refractivity (Wildman–Crippen MR) is 132 cm³/mol. The Hall–Kier alpha value is -3.08. The van der Waals surface area contributed by atoms with Gasteiger partial charge in [0.05, 0.1) is 17.0 Å². The van der Waals surface area contributed by atoms with Crippen LogP contribution in [0.5, 0.6) is 0 Å². The number of benzene rings is 1. The zero-order valence-electron chi connectivity index (χ0n) is 17.8. The Morgan fingerprint density at radius 1 is 1.21 bits per heavy atom. The lowest BCUT2D eigenvalue weighted by Gasteiger charge is -2.14. The summed E-state index contributed by atoms with van der Waals surface area (Å²) in [7, 11) is 1.63. The minimum absolute atomic E-state index is 0.222. The zero-order chi connectivity index (χ0) is 23.4. The highest BCUT2D eigenvalue weighted by atomic mass is 32.2. The van der Waals surface area contributed by atoms with Gasteiger partial charge in [-0.05, 0) is 42.3 Å². The van der Waals surface area contributed by atoms with Crippen LogP contribution in [0, 0.1) is 5.82 Å². The molecule has 0 saturated carbocycles. The maximum atomic E-state index is 13.2. The molecule has 0 radical (unpaired) electrons. The Morgan fingerprint density at radius 2 is 2.00 bits per heavy atom. The average molecular weight is 485 g/mol. The van der Waals surface area contributed by atoms with Gasteiger partial charge in [-0.25, -0.2) is 9.37 Å². The normalized spacial score (nSPS) is 15.1. The lowest BCUT2D eigenvalue weighted by molar-refractivity contribution is -0.122. The van der Waals surface area contributed by atoms with E-state index in [0.717, 1.165) is 23.7 Å². The van der Waals surface area contributed by atoms with E-state index in [2.05, 4.69) is 10.3 Å². The van der Waals surface area contributed by atoms with Crippen LogP contribution in [0.25, 0.3) is 11.7 Å². The summed E-state index contributed by atoms with van der Waals surface area (Å²) >= 11 is 6.53. The number of hydrogen-bond donors (Lipinski definition) is 1. The van der Waals surface area contributed by atoms with Crippen LogP contribution in [0.3, 0.4) is 0 Å². The molecule has 0 unspecified atom stereocenters. The first-order chi connectivity index (χ1) is 16.0. The fourth-order valence-electron chi connectivity index (χ4n) is 3.33. The number of hydrogen-bond acceptors (Lipinski definition) is 7. The average Bonchev–Trinajstić information content (AvgIpc) is 3.07. The van der Waals surface area contributed by atoms with Gasteiger partial charge in [0.1, 0.15) is 21.6 Å². The van der Waals surface area contributed by atoms with Crippen molar-refractivity contribution >= 4 is 51.7 Å². The number of aromatic nitrogens is 2. The van der Waals surface area contributed by atoms with Crippen LogP contribution in [0.2, 0.25) is 0 Å². The molecule has 0 bridgehead atoms. The summed E-state index contributed by atoms with van der Waals surface area (Å²) < 4.78 is 20.1. The Labute approximate surface area is 199 Å². The molecule has 1 N–H and O–H groups in total. The summed E-state index contributed by atoms with van der Waals surface area (Å²) in [4.78, 5) is 32.7. The number of thioether (sulfide) groups is 1. The molecule has 0 aliphatic carbocycles. The lowest BCUT2D eigenvalue weighted by Crippen LogP contribution is -2.27. The van der Waals surface area contributed by atoms with Crippen molar-refractivity contribution in [3.63, 3.8) is 0 Å². The van der Waals surface area contributed by atoms with Gasteiger partial charge in [-0.2, -0.15) is 0 Å². The van der Waals surface area contributed by atoms with E-state index < -0.39 is 0 Å². The second-order valence-electron chi connectivity index (χ2n) is 7.28. The van der Waals surface area contributed by atoms with Gasteiger partial charge in [-0.3, -0.25) is 18.9 Å². The number of thiocarbonyl (C=S) groups is 1. The monoisotopic (exact) mass is 484 g/mol. The molecule has 2 aromatic heterocycles. The van der Waals surface area contributed by atoms with Crippen molar-refractivity contribution in [2.24, 2.45) is 0 Å². The summed E-state index contributed by atoms with van der Waals surface area (Å²) in [6.45, 7) is 1.34. The Kier molecular flexibility index (Phi) is 7.17. The molecule has 1 saturated heterocycles. The Balaban J connectivity index is 1.67. The van der Waals surface area contributed by atoms with Gasteiger partial charge in [0, 0.05) is 26.5 Å². The van der Waals surface area contributed by atoms with Gasteiger partial charge in [0.15, 0.2) is 0 Å². The van der Waals surface area contributed by atoms with Crippen LogP contribution in [0.1, 0.15) is 17.5 Å². The number of amides is 1. The molecule has 1 fully saturated rings. The molecule has 7 nitrogen and oxygen atoms in total. The maximum absolute atomic E-state index is 13.2. The van der Waals surface area contributed by atoms with Crippen LogP contribution in [0.15, 0.2) is 58.4 Å². The highest BCUT2D eigenvalue weighted by Gasteiger charge is 2.32. The van der Waals surface area contributed by atoms with E-state index in [1.807, 2.05) is 0 Å². The molecule has 1 aromatic carbocycles. The minimum Gasteiger partial charge on any atom is -0.385 e.